The molecule has 0 N–H and O–H groups in total. The molecule has 1 aromatic carbocycles. The van der Waals surface area contributed by atoms with Crippen LogP contribution in [0.1, 0.15) is 11.1 Å². The van der Waals surface area contributed by atoms with Gasteiger partial charge in [-0.05, 0) is 18.2 Å². The fourth-order valence-electron chi connectivity index (χ4n) is 1.94. The number of halogens is 9. The Bertz CT molecular complexity index is 731. The molecule has 124 valence electrons. The van der Waals surface area contributed by atoms with Crippen LogP contribution in [0, 0.1) is 0 Å². The highest BCUT2D eigenvalue weighted by atomic mass is 35.5. The van der Waals surface area contributed by atoms with E-state index in [1.807, 2.05) is 0 Å². The maximum atomic E-state index is 13.2. The molecule has 0 spiro atoms. The van der Waals surface area contributed by atoms with E-state index in [4.69, 9.17) is 34.8 Å². The molecule has 1 nitrogen and oxygen atoms in total. The molecule has 1 aromatic heterocycles. The maximum Gasteiger partial charge on any atom is 0.419 e. The average Bonchev–Trinajstić information content (AvgIpc) is 2.34. The number of benzene rings is 1. The van der Waals surface area contributed by atoms with E-state index in [9.17, 15) is 26.3 Å². The fraction of sp³-hybridized carbons (Fsp3) is 0.154. The van der Waals surface area contributed by atoms with Crippen LogP contribution in [-0.2, 0) is 12.4 Å². The van der Waals surface area contributed by atoms with Gasteiger partial charge in [-0.15, -0.1) is 0 Å². The van der Waals surface area contributed by atoms with E-state index in [0.717, 1.165) is 12.1 Å². The van der Waals surface area contributed by atoms with Gasteiger partial charge in [0.25, 0.3) is 0 Å². The van der Waals surface area contributed by atoms with Gasteiger partial charge in [-0.25, -0.2) is 0 Å². The van der Waals surface area contributed by atoms with Crippen molar-refractivity contribution in [3.8, 4) is 11.3 Å². The van der Waals surface area contributed by atoms with Crippen molar-refractivity contribution < 1.29 is 26.3 Å². The molecule has 0 saturated heterocycles. The summed E-state index contributed by atoms with van der Waals surface area (Å²) in [5.41, 5.74) is -5.33. The Balaban J connectivity index is 2.90. The first-order valence-electron chi connectivity index (χ1n) is 5.71. The van der Waals surface area contributed by atoms with E-state index in [-0.39, 0.29) is 21.1 Å². The first-order valence-corrected chi connectivity index (χ1v) is 6.84. The number of alkyl halides is 6. The van der Waals surface area contributed by atoms with Crippen molar-refractivity contribution in [2.75, 3.05) is 0 Å². The summed E-state index contributed by atoms with van der Waals surface area (Å²) in [6.45, 7) is 0. The number of hydrogen-bond acceptors (Lipinski definition) is 1. The Kier molecular flexibility index (Phi) is 4.76. The number of nitrogens with zero attached hydrogens (tertiary/aromatic N) is 1. The largest absolute Gasteiger partial charge is 0.419 e. The molecule has 0 atom stereocenters. The van der Waals surface area contributed by atoms with Gasteiger partial charge in [0.05, 0.1) is 26.9 Å². The number of pyridine rings is 1. The summed E-state index contributed by atoms with van der Waals surface area (Å²) in [6.07, 6.45) is -9.94. The Morgan fingerprint density at radius 2 is 1.35 bits per heavy atom. The molecule has 2 aromatic rings. The Labute approximate surface area is 140 Å². The van der Waals surface area contributed by atoms with Gasteiger partial charge in [-0.2, -0.15) is 26.3 Å². The van der Waals surface area contributed by atoms with Gasteiger partial charge in [0.1, 0.15) is 0 Å². The summed E-state index contributed by atoms with van der Waals surface area (Å²) in [5.74, 6) is 0. The molecule has 0 radical (unpaired) electrons. The van der Waals surface area contributed by atoms with Gasteiger partial charge in [-0.3, -0.25) is 4.98 Å². The highest BCUT2D eigenvalue weighted by Gasteiger charge is 2.46. The zero-order valence-corrected chi connectivity index (χ0v) is 12.9. The summed E-state index contributed by atoms with van der Waals surface area (Å²) < 4.78 is 78.4. The van der Waals surface area contributed by atoms with Crippen LogP contribution in [0.2, 0.25) is 15.1 Å². The van der Waals surface area contributed by atoms with E-state index in [2.05, 4.69) is 4.98 Å². The monoisotopic (exact) mass is 393 g/mol. The van der Waals surface area contributed by atoms with Crippen LogP contribution in [0.25, 0.3) is 11.3 Å². The molecule has 0 fully saturated rings. The summed E-state index contributed by atoms with van der Waals surface area (Å²) >= 11 is 17.3. The van der Waals surface area contributed by atoms with Crippen molar-refractivity contribution in [3.05, 3.63) is 50.6 Å². The molecule has 0 unspecified atom stereocenters. The maximum absolute atomic E-state index is 13.2. The van der Waals surface area contributed by atoms with Gasteiger partial charge >= 0.3 is 12.4 Å². The van der Waals surface area contributed by atoms with Crippen molar-refractivity contribution in [2.24, 2.45) is 0 Å². The van der Waals surface area contributed by atoms with Crippen LogP contribution in [0.4, 0.5) is 26.3 Å². The average molecular weight is 395 g/mol. The lowest BCUT2D eigenvalue weighted by Crippen LogP contribution is -2.18. The molecule has 10 heteroatoms. The molecular weight excluding hydrogens is 390 g/mol. The molecule has 23 heavy (non-hydrogen) atoms. The highest BCUT2D eigenvalue weighted by molar-refractivity contribution is 6.41. The first-order chi connectivity index (χ1) is 10.4. The van der Waals surface area contributed by atoms with Crippen LogP contribution >= 0.6 is 34.8 Å². The Morgan fingerprint density at radius 1 is 0.826 bits per heavy atom. The molecule has 2 rings (SSSR count). The van der Waals surface area contributed by atoms with Crippen molar-refractivity contribution in [1.82, 2.24) is 4.98 Å². The highest BCUT2D eigenvalue weighted by Crippen LogP contribution is 2.47. The summed E-state index contributed by atoms with van der Waals surface area (Å²) in [4.78, 5) is 3.41. The zero-order valence-electron chi connectivity index (χ0n) is 10.7. The summed E-state index contributed by atoms with van der Waals surface area (Å²) in [7, 11) is 0. The minimum atomic E-state index is -5.32. The lowest BCUT2D eigenvalue weighted by molar-refractivity contribution is -0.161. The SMILES string of the molecule is FC(F)(F)c1ccnc(-c2c(Cl)cc(Cl)cc2Cl)c1C(F)(F)F. The third-order valence-corrected chi connectivity index (χ3v) is 3.60. The van der Waals surface area contributed by atoms with Crippen LogP contribution in [0.5, 0.6) is 0 Å². The van der Waals surface area contributed by atoms with Crippen LogP contribution in [0.15, 0.2) is 24.4 Å². The number of rotatable bonds is 1. The molecular formula is C13H4Cl3F6N. The van der Waals surface area contributed by atoms with Crippen LogP contribution in [-0.4, -0.2) is 4.98 Å². The van der Waals surface area contributed by atoms with E-state index in [0.29, 0.717) is 6.20 Å². The fourth-order valence-corrected chi connectivity index (χ4v) is 2.94. The predicted octanol–water partition coefficient (Wildman–Crippen LogP) is 6.75. The van der Waals surface area contributed by atoms with Crippen molar-refractivity contribution in [2.45, 2.75) is 12.4 Å². The molecule has 0 aliphatic carbocycles. The lowest BCUT2D eigenvalue weighted by Gasteiger charge is -2.19. The second kappa shape index (κ2) is 6.03. The van der Waals surface area contributed by atoms with E-state index >= 15 is 0 Å². The molecule has 0 saturated carbocycles. The third-order valence-electron chi connectivity index (χ3n) is 2.78. The molecule has 0 amide bonds. The molecule has 1 heterocycles. The number of aromatic nitrogens is 1. The molecule has 0 aliphatic rings. The second-order valence-electron chi connectivity index (χ2n) is 4.32. The second-order valence-corrected chi connectivity index (χ2v) is 5.57. The first kappa shape index (κ1) is 18.2. The summed E-state index contributed by atoms with van der Waals surface area (Å²) in [5, 5.41) is -0.677. The van der Waals surface area contributed by atoms with Crippen molar-refractivity contribution >= 4 is 34.8 Å². The molecule has 0 aliphatic heterocycles. The number of hydrogen-bond donors (Lipinski definition) is 0. The van der Waals surface area contributed by atoms with Crippen molar-refractivity contribution in [3.63, 3.8) is 0 Å². The van der Waals surface area contributed by atoms with Crippen LogP contribution < -0.4 is 0 Å². The zero-order chi connectivity index (χ0) is 17.6. The smallest absolute Gasteiger partial charge is 0.255 e. The minimum Gasteiger partial charge on any atom is -0.255 e. The third kappa shape index (κ3) is 3.67. The van der Waals surface area contributed by atoms with Gasteiger partial charge in [-0.1, -0.05) is 34.8 Å². The lowest BCUT2D eigenvalue weighted by atomic mass is 10.00. The molecule has 0 bridgehead atoms. The topological polar surface area (TPSA) is 12.9 Å². The quantitative estimate of drug-likeness (QED) is 0.488. The van der Waals surface area contributed by atoms with E-state index in [1.165, 1.54) is 0 Å². The van der Waals surface area contributed by atoms with Gasteiger partial charge in [0.2, 0.25) is 0 Å². The van der Waals surface area contributed by atoms with Crippen molar-refractivity contribution in [1.29, 1.82) is 0 Å². The predicted molar refractivity (Wildman–Crippen MR) is 74.7 cm³/mol. The van der Waals surface area contributed by atoms with E-state index < -0.39 is 34.7 Å². The Hall–Kier alpha value is -1.18. The normalized spacial score (nSPS) is 12.6. The standard InChI is InChI=1S/C13H4Cl3F6N/c14-5-3-7(15)9(8(16)4-5)11-10(13(20,21)22)6(1-2-23-11)12(17,18)19/h1-4H. The minimum absolute atomic E-state index is 0.0179. The van der Waals surface area contributed by atoms with Gasteiger partial charge in [0, 0.05) is 16.8 Å². The summed E-state index contributed by atoms with van der Waals surface area (Å²) in [6, 6.07) is 2.36. The Morgan fingerprint density at radius 3 is 1.78 bits per heavy atom. The van der Waals surface area contributed by atoms with Gasteiger partial charge < -0.3 is 0 Å². The van der Waals surface area contributed by atoms with E-state index in [1.54, 1.807) is 0 Å². The van der Waals surface area contributed by atoms with Gasteiger partial charge in [0.15, 0.2) is 0 Å². The van der Waals surface area contributed by atoms with Crippen LogP contribution in [0.3, 0.4) is 0 Å².